The van der Waals surface area contributed by atoms with E-state index in [0.717, 1.165) is 51.3 Å². The van der Waals surface area contributed by atoms with Gasteiger partial charge in [0.25, 0.3) is 5.91 Å². The zero-order valence-corrected chi connectivity index (χ0v) is 12.2. The Bertz CT molecular complexity index is 411. The lowest BCUT2D eigenvalue weighted by Gasteiger charge is -2.26. The molecular weight excluding hydrogens is 252 g/mol. The van der Waals surface area contributed by atoms with Crippen LogP contribution in [0.4, 0.5) is 0 Å². The highest BCUT2D eigenvalue weighted by Crippen LogP contribution is 2.06. The molecule has 0 saturated carbocycles. The lowest BCUT2D eigenvalue weighted by molar-refractivity contribution is 0.0383. The molecule has 1 aliphatic heterocycles. The number of carbonyl (C=O) groups excluding carboxylic acids is 1. The molecule has 0 aliphatic carbocycles. The molecule has 1 aromatic rings. The van der Waals surface area contributed by atoms with Crippen LogP contribution in [0.5, 0.6) is 0 Å². The highest BCUT2D eigenvalue weighted by atomic mass is 16.5. The van der Waals surface area contributed by atoms with Crippen LogP contribution in [0.15, 0.2) is 24.3 Å². The van der Waals surface area contributed by atoms with Crippen molar-refractivity contribution in [3.05, 3.63) is 35.4 Å². The Hall–Kier alpha value is -1.39. The standard InChI is InChI=1S/C16H24N2O2/c1-2-3-14-4-6-15(7-5-14)16(19)17-8-9-18-10-12-20-13-11-18/h4-7H,2-3,8-13H2,1H3,(H,17,19). The lowest BCUT2D eigenvalue weighted by atomic mass is 10.1. The van der Waals surface area contributed by atoms with Gasteiger partial charge in [-0.15, -0.1) is 0 Å². The summed E-state index contributed by atoms with van der Waals surface area (Å²) in [6, 6.07) is 7.91. The molecule has 4 heteroatoms. The van der Waals surface area contributed by atoms with Crippen molar-refractivity contribution < 1.29 is 9.53 Å². The first-order valence-corrected chi connectivity index (χ1v) is 7.47. The van der Waals surface area contributed by atoms with E-state index in [2.05, 4.69) is 17.1 Å². The largest absolute Gasteiger partial charge is 0.379 e. The van der Waals surface area contributed by atoms with Crippen molar-refractivity contribution in [1.29, 1.82) is 0 Å². The maximum absolute atomic E-state index is 12.0. The number of amides is 1. The van der Waals surface area contributed by atoms with Crippen LogP contribution in [0.3, 0.4) is 0 Å². The minimum absolute atomic E-state index is 0.0151. The Labute approximate surface area is 121 Å². The van der Waals surface area contributed by atoms with Crippen molar-refractivity contribution in [3.8, 4) is 0 Å². The smallest absolute Gasteiger partial charge is 0.251 e. The number of rotatable bonds is 6. The van der Waals surface area contributed by atoms with Gasteiger partial charge in [-0.05, 0) is 24.1 Å². The number of benzene rings is 1. The van der Waals surface area contributed by atoms with Gasteiger partial charge in [0.1, 0.15) is 0 Å². The van der Waals surface area contributed by atoms with Gasteiger partial charge in [-0.3, -0.25) is 9.69 Å². The molecule has 1 fully saturated rings. The summed E-state index contributed by atoms with van der Waals surface area (Å²) in [5.41, 5.74) is 2.03. The van der Waals surface area contributed by atoms with Crippen LogP contribution in [-0.2, 0) is 11.2 Å². The summed E-state index contributed by atoms with van der Waals surface area (Å²) in [5.74, 6) is 0.0151. The van der Waals surface area contributed by atoms with Crippen LogP contribution < -0.4 is 5.32 Å². The van der Waals surface area contributed by atoms with E-state index in [1.54, 1.807) is 0 Å². The van der Waals surface area contributed by atoms with E-state index in [1.807, 2.05) is 24.3 Å². The molecule has 110 valence electrons. The van der Waals surface area contributed by atoms with E-state index in [0.29, 0.717) is 6.54 Å². The van der Waals surface area contributed by atoms with E-state index < -0.39 is 0 Å². The predicted molar refractivity (Wildman–Crippen MR) is 80.0 cm³/mol. The van der Waals surface area contributed by atoms with Gasteiger partial charge >= 0.3 is 0 Å². The van der Waals surface area contributed by atoms with Crippen molar-refractivity contribution >= 4 is 5.91 Å². The maximum atomic E-state index is 12.0. The fourth-order valence-corrected chi connectivity index (χ4v) is 2.37. The van der Waals surface area contributed by atoms with Crippen LogP contribution in [-0.4, -0.2) is 50.2 Å². The lowest BCUT2D eigenvalue weighted by Crippen LogP contribution is -2.41. The minimum Gasteiger partial charge on any atom is -0.379 e. The van der Waals surface area contributed by atoms with E-state index in [9.17, 15) is 4.79 Å². The van der Waals surface area contributed by atoms with Gasteiger partial charge < -0.3 is 10.1 Å². The monoisotopic (exact) mass is 276 g/mol. The molecule has 0 aromatic heterocycles. The number of carbonyl (C=O) groups is 1. The number of hydrogen-bond acceptors (Lipinski definition) is 3. The molecule has 1 aromatic carbocycles. The van der Waals surface area contributed by atoms with Gasteiger partial charge in [0.15, 0.2) is 0 Å². The Morgan fingerprint density at radius 2 is 1.95 bits per heavy atom. The number of nitrogens with one attached hydrogen (secondary N) is 1. The first-order chi connectivity index (χ1) is 9.79. The molecule has 0 radical (unpaired) electrons. The molecule has 1 saturated heterocycles. The average Bonchev–Trinajstić information content (AvgIpc) is 2.49. The molecule has 1 amide bonds. The molecule has 1 heterocycles. The number of ether oxygens (including phenoxy) is 1. The molecule has 0 spiro atoms. The van der Waals surface area contributed by atoms with Gasteiger partial charge in [0.05, 0.1) is 13.2 Å². The zero-order chi connectivity index (χ0) is 14.2. The summed E-state index contributed by atoms with van der Waals surface area (Å²) in [5, 5.41) is 2.98. The van der Waals surface area contributed by atoms with Crippen LogP contribution in [0, 0.1) is 0 Å². The Morgan fingerprint density at radius 1 is 1.25 bits per heavy atom. The third-order valence-corrected chi connectivity index (χ3v) is 3.57. The summed E-state index contributed by atoms with van der Waals surface area (Å²) in [7, 11) is 0. The van der Waals surface area contributed by atoms with Crippen molar-refractivity contribution in [3.63, 3.8) is 0 Å². The van der Waals surface area contributed by atoms with Crippen molar-refractivity contribution in [1.82, 2.24) is 10.2 Å². The van der Waals surface area contributed by atoms with Gasteiger partial charge in [-0.1, -0.05) is 25.5 Å². The van der Waals surface area contributed by atoms with Crippen LogP contribution >= 0.6 is 0 Å². The Kier molecular flexibility index (Phi) is 6.02. The highest BCUT2D eigenvalue weighted by molar-refractivity contribution is 5.94. The molecule has 0 bridgehead atoms. The molecule has 0 atom stereocenters. The van der Waals surface area contributed by atoms with Gasteiger partial charge in [0.2, 0.25) is 0 Å². The number of aryl methyl sites for hydroxylation is 1. The summed E-state index contributed by atoms with van der Waals surface area (Å²) >= 11 is 0. The maximum Gasteiger partial charge on any atom is 0.251 e. The molecule has 4 nitrogen and oxygen atoms in total. The van der Waals surface area contributed by atoms with Crippen LogP contribution in [0.25, 0.3) is 0 Å². The van der Waals surface area contributed by atoms with E-state index in [1.165, 1.54) is 5.56 Å². The second-order valence-electron chi connectivity index (χ2n) is 5.16. The molecule has 2 rings (SSSR count). The van der Waals surface area contributed by atoms with Crippen molar-refractivity contribution in [2.24, 2.45) is 0 Å². The molecular formula is C16H24N2O2. The third kappa shape index (κ3) is 4.62. The summed E-state index contributed by atoms with van der Waals surface area (Å²) in [6.45, 7) is 7.26. The SMILES string of the molecule is CCCc1ccc(C(=O)NCCN2CCOCC2)cc1. The first kappa shape index (κ1) is 15.0. The first-order valence-electron chi connectivity index (χ1n) is 7.47. The van der Waals surface area contributed by atoms with Gasteiger partial charge in [-0.25, -0.2) is 0 Å². The molecule has 1 N–H and O–H groups in total. The predicted octanol–water partition coefficient (Wildman–Crippen LogP) is 1.70. The molecule has 1 aliphatic rings. The Morgan fingerprint density at radius 3 is 2.60 bits per heavy atom. The van der Waals surface area contributed by atoms with Crippen molar-refractivity contribution in [2.75, 3.05) is 39.4 Å². The third-order valence-electron chi connectivity index (χ3n) is 3.57. The number of hydrogen-bond donors (Lipinski definition) is 1. The molecule has 20 heavy (non-hydrogen) atoms. The topological polar surface area (TPSA) is 41.6 Å². The summed E-state index contributed by atoms with van der Waals surface area (Å²) < 4.78 is 5.30. The normalized spacial score (nSPS) is 16.1. The average molecular weight is 276 g/mol. The van der Waals surface area contributed by atoms with E-state index in [4.69, 9.17) is 4.74 Å². The number of nitrogens with zero attached hydrogens (tertiary/aromatic N) is 1. The number of morpholine rings is 1. The quantitative estimate of drug-likeness (QED) is 0.860. The summed E-state index contributed by atoms with van der Waals surface area (Å²) in [4.78, 5) is 14.3. The van der Waals surface area contributed by atoms with Crippen LogP contribution in [0.1, 0.15) is 29.3 Å². The minimum atomic E-state index is 0.0151. The van der Waals surface area contributed by atoms with E-state index in [-0.39, 0.29) is 5.91 Å². The zero-order valence-electron chi connectivity index (χ0n) is 12.2. The van der Waals surface area contributed by atoms with Crippen molar-refractivity contribution in [2.45, 2.75) is 19.8 Å². The van der Waals surface area contributed by atoms with E-state index >= 15 is 0 Å². The van der Waals surface area contributed by atoms with Gasteiger partial charge in [0, 0.05) is 31.7 Å². The molecule has 0 unspecified atom stereocenters. The summed E-state index contributed by atoms with van der Waals surface area (Å²) in [6.07, 6.45) is 2.20. The fourth-order valence-electron chi connectivity index (χ4n) is 2.37. The van der Waals surface area contributed by atoms with Gasteiger partial charge in [-0.2, -0.15) is 0 Å². The highest BCUT2D eigenvalue weighted by Gasteiger charge is 2.10. The fraction of sp³-hybridized carbons (Fsp3) is 0.562. The second-order valence-corrected chi connectivity index (χ2v) is 5.16. The Balaban J connectivity index is 1.73. The van der Waals surface area contributed by atoms with Crippen LogP contribution in [0.2, 0.25) is 0 Å². The second kappa shape index (κ2) is 8.02.